The molecule has 1 aliphatic rings. The molecule has 1 heterocycles. The number of fused-ring (bicyclic) bond motifs is 1. The van der Waals surface area contributed by atoms with Crippen molar-refractivity contribution in [3.63, 3.8) is 0 Å². The number of ether oxygens (including phenoxy) is 2. The van der Waals surface area contributed by atoms with Crippen molar-refractivity contribution in [1.82, 2.24) is 0 Å². The normalized spacial score (nSPS) is 19.2. The van der Waals surface area contributed by atoms with E-state index < -0.39 is 16.9 Å². The van der Waals surface area contributed by atoms with E-state index in [-0.39, 0.29) is 36.5 Å². The van der Waals surface area contributed by atoms with Gasteiger partial charge in [-0.1, -0.05) is 24.9 Å². The van der Waals surface area contributed by atoms with Crippen LogP contribution in [0.1, 0.15) is 43.4 Å². The Morgan fingerprint density at radius 1 is 1.17 bits per heavy atom. The Balaban J connectivity index is 1.96. The Morgan fingerprint density at radius 3 is 2.60 bits per heavy atom. The SMILES string of the molecule is CCCCO[C@H](CCCO)[C@H]1COc2c(F)ccc(F)c2[C@@H]1Sc1ccc(Cl)cc1. The van der Waals surface area contributed by atoms with Crippen molar-refractivity contribution < 1.29 is 23.4 Å². The molecule has 0 aromatic heterocycles. The molecule has 2 aromatic carbocycles. The van der Waals surface area contributed by atoms with Gasteiger partial charge in [-0.3, -0.25) is 0 Å². The average molecular weight is 457 g/mol. The van der Waals surface area contributed by atoms with E-state index in [9.17, 15) is 13.9 Å². The number of unbranched alkanes of at least 4 members (excludes halogenated alkanes) is 1. The summed E-state index contributed by atoms with van der Waals surface area (Å²) in [6.07, 6.45) is 2.88. The number of rotatable bonds is 10. The van der Waals surface area contributed by atoms with Crippen molar-refractivity contribution in [3.05, 3.63) is 58.6 Å². The molecule has 30 heavy (non-hydrogen) atoms. The van der Waals surface area contributed by atoms with Crippen LogP contribution in [0.3, 0.4) is 0 Å². The molecule has 0 aliphatic carbocycles. The van der Waals surface area contributed by atoms with E-state index in [1.54, 1.807) is 12.1 Å². The summed E-state index contributed by atoms with van der Waals surface area (Å²) in [5.74, 6) is -1.27. The zero-order valence-corrected chi connectivity index (χ0v) is 18.5. The fourth-order valence-electron chi connectivity index (χ4n) is 3.64. The van der Waals surface area contributed by atoms with Gasteiger partial charge in [0.2, 0.25) is 0 Å². The lowest BCUT2D eigenvalue weighted by Crippen LogP contribution is -2.37. The fraction of sp³-hybridized carbons (Fsp3) is 0.478. The van der Waals surface area contributed by atoms with Gasteiger partial charge < -0.3 is 14.6 Å². The van der Waals surface area contributed by atoms with Crippen LogP contribution >= 0.6 is 23.4 Å². The summed E-state index contributed by atoms with van der Waals surface area (Å²) in [6.45, 7) is 2.94. The second-order valence-electron chi connectivity index (χ2n) is 7.37. The average Bonchev–Trinajstić information content (AvgIpc) is 2.75. The van der Waals surface area contributed by atoms with E-state index in [1.165, 1.54) is 11.8 Å². The van der Waals surface area contributed by atoms with Crippen molar-refractivity contribution in [2.75, 3.05) is 19.8 Å². The molecule has 0 fully saturated rings. The monoisotopic (exact) mass is 456 g/mol. The van der Waals surface area contributed by atoms with Crippen LogP contribution in [-0.2, 0) is 4.74 Å². The zero-order chi connectivity index (χ0) is 21.5. The molecule has 1 N–H and O–H groups in total. The Hall–Kier alpha value is -1.34. The summed E-state index contributed by atoms with van der Waals surface area (Å²) >= 11 is 7.47. The highest BCUT2D eigenvalue weighted by Crippen LogP contribution is 2.51. The van der Waals surface area contributed by atoms with Crippen LogP contribution in [0.2, 0.25) is 5.02 Å². The summed E-state index contributed by atoms with van der Waals surface area (Å²) in [4.78, 5) is 0.903. The number of aliphatic hydroxyl groups is 1. The van der Waals surface area contributed by atoms with Crippen LogP contribution in [0, 0.1) is 17.6 Å². The van der Waals surface area contributed by atoms with Crippen molar-refractivity contribution in [3.8, 4) is 5.75 Å². The Labute approximate surface area is 185 Å². The van der Waals surface area contributed by atoms with E-state index in [0.717, 1.165) is 29.9 Å². The summed E-state index contributed by atoms with van der Waals surface area (Å²) in [6, 6.07) is 9.55. The smallest absolute Gasteiger partial charge is 0.165 e. The molecule has 1 aliphatic heterocycles. The van der Waals surface area contributed by atoms with Crippen LogP contribution in [0.25, 0.3) is 0 Å². The first-order valence-corrected chi connectivity index (χ1v) is 11.6. The minimum Gasteiger partial charge on any atom is -0.490 e. The van der Waals surface area contributed by atoms with Crippen LogP contribution in [0.15, 0.2) is 41.3 Å². The van der Waals surface area contributed by atoms with Crippen LogP contribution in [0.4, 0.5) is 8.78 Å². The highest BCUT2D eigenvalue weighted by Gasteiger charge is 2.40. The van der Waals surface area contributed by atoms with Crippen molar-refractivity contribution >= 4 is 23.4 Å². The lowest BCUT2D eigenvalue weighted by molar-refractivity contribution is -0.0187. The number of benzene rings is 2. The largest absolute Gasteiger partial charge is 0.490 e. The van der Waals surface area contributed by atoms with E-state index >= 15 is 0 Å². The van der Waals surface area contributed by atoms with E-state index in [2.05, 4.69) is 6.92 Å². The second kappa shape index (κ2) is 11.3. The van der Waals surface area contributed by atoms with Gasteiger partial charge in [0, 0.05) is 39.9 Å². The molecule has 3 atom stereocenters. The van der Waals surface area contributed by atoms with Gasteiger partial charge >= 0.3 is 0 Å². The van der Waals surface area contributed by atoms with Crippen molar-refractivity contribution in [2.45, 2.75) is 48.9 Å². The molecular formula is C23H27ClF2O3S. The molecule has 0 radical (unpaired) electrons. The molecular weight excluding hydrogens is 430 g/mol. The topological polar surface area (TPSA) is 38.7 Å². The van der Waals surface area contributed by atoms with Crippen molar-refractivity contribution in [1.29, 1.82) is 0 Å². The summed E-state index contributed by atoms with van der Waals surface area (Å²) in [5.41, 5.74) is 0.235. The third-order valence-corrected chi connectivity index (χ3v) is 6.85. The summed E-state index contributed by atoms with van der Waals surface area (Å²) < 4.78 is 41.2. The van der Waals surface area contributed by atoms with Gasteiger partial charge in [0.05, 0.1) is 12.7 Å². The van der Waals surface area contributed by atoms with Gasteiger partial charge in [0.25, 0.3) is 0 Å². The zero-order valence-electron chi connectivity index (χ0n) is 17.0. The molecule has 2 aromatic rings. The third kappa shape index (κ3) is 5.67. The number of hydrogen-bond acceptors (Lipinski definition) is 4. The minimum absolute atomic E-state index is 0.0211. The minimum atomic E-state index is -0.564. The van der Waals surface area contributed by atoms with Crippen LogP contribution < -0.4 is 4.74 Å². The molecule has 3 rings (SSSR count). The Kier molecular flexibility index (Phi) is 8.81. The van der Waals surface area contributed by atoms with E-state index in [1.807, 2.05) is 12.1 Å². The van der Waals surface area contributed by atoms with Gasteiger partial charge in [0.15, 0.2) is 11.6 Å². The molecule has 0 unspecified atom stereocenters. The fourth-order valence-corrected chi connectivity index (χ4v) is 5.12. The third-order valence-electron chi connectivity index (χ3n) is 5.22. The summed E-state index contributed by atoms with van der Waals surface area (Å²) in [7, 11) is 0. The molecule has 0 saturated heterocycles. The number of thioether (sulfide) groups is 1. The second-order valence-corrected chi connectivity index (χ2v) is 9.02. The van der Waals surface area contributed by atoms with Gasteiger partial charge in [-0.15, -0.1) is 11.8 Å². The van der Waals surface area contributed by atoms with Crippen LogP contribution in [0.5, 0.6) is 5.75 Å². The predicted molar refractivity (Wildman–Crippen MR) is 116 cm³/mol. The molecule has 0 saturated carbocycles. The first kappa shape index (κ1) is 23.3. The quantitative estimate of drug-likeness (QED) is 0.419. The Morgan fingerprint density at radius 2 is 1.90 bits per heavy atom. The first-order chi connectivity index (χ1) is 14.5. The predicted octanol–water partition coefficient (Wildman–Crippen LogP) is 6.42. The first-order valence-electron chi connectivity index (χ1n) is 10.3. The maximum Gasteiger partial charge on any atom is 0.165 e. The summed E-state index contributed by atoms with van der Waals surface area (Å²) in [5, 5.41) is 9.56. The van der Waals surface area contributed by atoms with E-state index in [4.69, 9.17) is 21.1 Å². The molecule has 164 valence electrons. The lowest BCUT2D eigenvalue weighted by Gasteiger charge is -2.38. The van der Waals surface area contributed by atoms with Gasteiger partial charge in [-0.05, 0) is 55.7 Å². The maximum absolute atomic E-state index is 14.9. The number of hydrogen-bond donors (Lipinski definition) is 1. The van der Waals surface area contributed by atoms with Gasteiger partial charge in [0.1, 0.15) is 5.82 Å². The maximum atomic E-state index is 14.9. The van der Waals surface area contributed by atoms with Gasteiger partial charge in [-0.2, -0.15) is 0 Å². The van der Waals surface area contributed by atoms with Crippen LogP contribution in [-0.4, -0.2) is 31.0 Å². The molecule has 0 bridgehead atoms. The molecule has 0 amide bonds. The number of halogens is 3. The van der Waals surface area contributed by atoms with Gasteiger partial charge in [-0.25, -0.2) is 8.78 Å². The van der Waals surface area contributed by atoms with Crippen molar-refractivity contribution in [2.24, 2.45) is 5.92 Å². The number of aliphatic hydroxyl groups excluding tert-OH is 1. The molecule has 7 heteroatoms. The van der Waals surface area contributed by atoms with E-state index in [0.29, 0.717) is 24.5 Å². The lowest BCUT2D eigenvalue weighted by atomic mass is 9.88. The standard InChI is InChI=1S/C23H27ClF2O3S/c1-2-3-13-28-20(5-4-12-27)17-14-29-22-19(26)11-10-18(25)21(22)23(17)30-16-8-6-15(24)7-9-16/h6-11,17,20,23,27H,2-5,12-14H2,1H3/t17-,20-,23-/m1/s1. The Bertz CT molecular complexity index is 819. The highest BCUT2D eigenvalue weighted by atomic mass is 35.5. The molecule has 3 nitrogen and oxygen atoms in total. The highest BCUT2D eigenvalue weighted by molar-refractivity contribution is 7.99. The molecule has 0 spiro atoms.